The van der Waals surface area contributed by atoms with Crippen LogP contribution in [0.4, 0.5) is 0 Å². The summed E-state index contributed by atoms with van der Waals surface area (Å²) >= 11 is 0.674. The molecule has 6 aromatic rings. The van der Waals surface area contributed by atoms with Crippen molar-refractivity contribution in [3.8, 4) is 11.3 Å². The van der Waals surface area contributed by atoms with Gasteiger partial charge in [-0.3, -0.25) is 4.79 Å². The normalized spacial score (nSPS) is 12.6. The van der Waals surface area contributed by atoms with Crippen LogP contribution < -0.4 is 0 Å². The number of ketones is 1. The van der Waals surface area contributed by atoms with Crippen LogP contribution in [0.3, 0.4) is 0 Å². The minimum absolute atomic E-state index is 0. The standard InChI is InChI=1S/C33H32NSe2.C13H24O2.Ir/c1-19-26(18-32(2,3)4)24-13-12-23-25-14-15-34-28(29(25)36-31(23)30(24)35-19)21-16-20-10-8-9-11-22(20)27(17-21)33(5,6)7;1-5-10(6-2)12(14)9-13(15)11(7-3)8-4;/h8-15,17H,18H2,1-7H3;9-11,14H,5-8H2,1-4H3;/q-1;;/b;12-9-;. The minimum atomic E-state index is 0. The third-order valence-corrected chi connectivity index (χ3v) is 15.9. The minimum Gasteiger partial charge on any atom is 0 e. The predicted molar refractivity (Wildman–Crippen MR) is 223 cm³/mol. The second-order valence-corrected chi connectivity index (χ2v) is 20.9. The average molecular weight is 1010 g/mol. The molecule has 3 aromatic heterocycles. The molecule has 0 fully saturated rings. The van der Waals surface area contributed by atoms with Crippen LogP contribution in [0.15, 0.2) is 66.6 Å². The molecule has 0 aliphatic carbocycles. The van der Waals surface area contributed by atoms with Gasteiger partial charge in [0.15, 0.2) is 5.78 Å². The van der Waals surface area contributed by atoms with Crippen molar-refractivity contribution < 1.29 is 30.0 Å². The van der Waals surface area contributed by atoms with Crippen molar-refractivity contribution in [1.82, 2.24) is 4.98 Å². The molecule has 279 valence electrons. The molecule has 3 nitrogen and oxygen atoms in total. The number of fused-ring (bicyclic) bond motifs is 6. The van der Waals surface area contributed by atoms with E-state index in [0.717, 1.165) is 43.4 Å². The third-order valence-electron chi connectivity index (χ3n) is 10.1. The molecule has 0 unspecified atom stereocenters. The maximum Gasteiger partial charge on any atom is 0 e. The molecule has 0 spiro atoms. The number of hydrogen-bond acceptors (Lipinski definition) is 3. The first-order chi connectivity index (χ1) is 24.1. The van der Waals surface area contributed by atoms with Crippen LogP contribution in [0.2, 0.25) is 0 Å². The van der Waals surface area contributed by atoms with Crippen LogP contribution in [0, 0.1) is 30.2 Å². The summed E-state index contributed by atoms with van der Waals surface area (Å²) in [5.74, 6) is 0.547. The Kier molecular flexibility index (Phi) is 14.2. The molecular formula is C46H56IrNO2Se2-. The number of rotatable bonds is 9. The van der Waals surface area contributed by atoms with Gasteiger partial charge in [0.05, 0.1) is 5.76 Å². The number of nitrogens with zero attached hydrogens (tertiary/aromatic N) is 1. The van der Waals surface area contributed by atoms with Crippen molar-refractivity contribution in [2.75, 3.05) is 0 Å². The summed E-state index contributed by atoms with van der Waals surface area (Å²) in [5, 5.41) is 16.6. The quantitative estimate of drug-likeness (QED) is 0.0680. The summed E-state index contributed by atoms with van der Waals surface area (Å²) in [6, 6.07) is 21.8. The van der Waals surface area contributed by atoms with Gasteiger partial charge in [-0.1, -0.05) is 27.7 Å². The van der Waals surface area contributed by atoms with Gasteiger partial charge in [-0.15, -0.1) is 0 Å². The van der Waals surface area contributed by atoms with E-state index in [-0.39, 0.29) is 63.4 Å². The molecule has 0 aliphatic rings. The maximum absolute atomic E-state index is 11.7. The molecule has 3 heterocycles. The maximum atomic E-state index is 11.7. The first-order valence-electron chi connectivity index (χ1n) is 18.7. The van der Waals surface area contributed by atoms with E-state index in [1.165, 1.54) is 42.8 Å². The van der Waals surface area contributed by atoms with Gasteiger partial charge in [0.25, 0.3) is 0 Å². The van der Waals surface area contributed by atoms with Gasteiger partial charge < -0.3 is 5.11 Å². The van der Waals surface area contributed by atoms with Crippen LogP contribution in [0.25, 0.3) is 51.0 Å². The van der Waals surface area contributed by atoms with Crippen molar-refractivity contribution >= 4 is 74.5 Å². The van der Waals surface area contributed by atoms with Crippen molar-refractivity contribution in [2.45, 2.75) is 114 Å². The van der Waals surface area contributed by atoms with E-state index in [1.807, 2.05) is 33.9 Å². The van der Waals surface area contributed by atoms with Gasteiger partial charge >= 0.3 is 227 Å². The molecule has 0 bridgehead atoms. The van der Waals surface area contributed by atoms with E-state index < -0.39 is 0 Å². The second kappa shape index (κ2) is 17.4. The monoisotopic (exact) mass is 1010 g/mol. The molecule has 3 aromatic carbocycles. The van der Waals surface area contributed by atoms with E-state index >= 15 is 0 Å². The summed E-state index contributed by atoms with van der Waals surface area (Å²) < 4.78 is 6.28. The Morgan fingerprint density at radius 2 is 1.40 bits per heavy atom. The summed E-state index contributed by atoms with van der Waals surface area (Å²) in [4.78, 5) is 16.7. The molecular weight excluding hydrogens is 949 g/mol. The number of aliphatic hydroxyl groups excluding tert-OH is 1. The number of hydrogen-bond donors (Lipinski definition) is 1. The van der Waals surface area contributed by atoms with Gasteiger partial charge in [0.1, 0.15) is 0 Å². The Morgan fingerprint density at radius 3 is 2.02 bits per heavy atom. The fourth-order valence-electron chi connectivity index (χ4n) is 7.18. The van der Waals surface area contributed by atoms with E-state index in [2.05, 4.69) is 103 Å². The number of carbonyl (C=O) groups is 1. The number of pyridine rings is 1. The zero-order valence-corrected chi connectivity index (χ0v) is 38.7. The van der Waals surface area contributed by atoms with Gasteiger partial charge in [-0.25, -0.2) is 0 Å². The molecule has 0 amide bonds. The molecule has 0 saturated carbocycles. The Balaban J connectivity index is 0.000000323. The van der Waals surface area contributed by atoms with Crippen molar-refractivity contribution in [1.29, 1.82) is 0 Å². The summed E-state index contributed by atoms with van der Waals surface area (Å²) in [5.41, 5.74) is 5.57. The Morgan fingerprint density at radius 1 is 0.808 bits per heavy atom. The largest absolute Gasteiger partial charge is 0 e. The van der Waals surface area contributed by atoms with Gasteiger partial charge in [-0.05, 0) is 25.7 Å². The molecule has 0 aliphatic heterocycles. The first-order valence-corrected chi connectivity index (χ1v) is 22.2. The molecule has 52 heavy (non-hydrogen) atoms. The van der Waals surface area contributed by atoms with Gasteiger partial charge in [0.2, 0.25) is 0 Å². The van der Waals surface area contributed by atoms with Crippen LogP contribution in [0.5, 0.6) is 0 Å². The Labute approximate surface area is 337 Å². The predicted octanol–water partition coefficient (Wildman–Crippen LogP) is 12.3. The topological polar surface area (TPSA) is 50.2 Å². The van der Waals surface area contributed by atoms with Crippen LogP contribution in [0.1, 0.15) is 110 Å². The number of allylic oxidation sites excluding steroid dienone is 2. The summed E-state index contributed by atoms with van der Waals surface area (Å²) in [7, 11) is 0. The van der Waals surface area contributed by atoms with E-state index in [9.17, 15) is 9.90 Å². The number of aromatic nitrogens is 1. The number of aryl methyl sites for hydroxylation is 1. The number of benzene rings is 3. The van der Waals surface area contributed by atoms with E-state index in [4.69, 9.17) is 4.98 Å². The zero-order valence-electron chi connectivity index (χ0n) is 32.9. The Bertz CT molecular complexity index is 2200. The molecule has 1 N–H and O–H groups in total. The summed E-state index contributed by atoms with van der Waals surface area (Å²) in [6.45, 7) is 24.4. The van der Waals surface area contributed by atoms with Crippen molar-refractivity contribution in [3.63, 3.8) is 0 Å². The van der Waals surface area contributed by atoms with Crippen LogP contribution >= 0.6 is 0 Å². The molecule has 1 radical (unpaired) electrons. The van der Waals surface area contributed by atoms with Gasteiger partial charge in [-0.2, -0.15) is 0 Å². The third kappa shape index (κ3) is 9.14. The van der Waals surface area contributed by atoms with Crippen molar-refractivity contribution in [3.05, 3.63) is 88.2 Å². The molecule has 6 rings (SSSR count). The first kappa shape index (κ1) is 42.4. The number of aliphatic hydroxyl groups is 1. The fraction of sp³-hybridized carbons (Fsp3) is 0.435. The smallest absolute Gasteiger partial charge is 0 e. The van der Waals surface area contributed by atoms with E-state index in [1.54, 1.807) is 18.5 Å². The fourth-order valence-corrected chi connectivity index (χ4v) is 13.0. The molecule has 0 saturated heterocycles. The average Bonchev–Trinajstić information content (AvgIpc) is 3.61. The van der Waals surface area contributed by atoms with Crippen LogP contribution in [-0.4, -0.2) is 44.9 Å². The Hall–Kier alpha value is -2.29. The molecule has 0 atom stereocenters. The SMILES string of the molecule is CCC(CC)C(=O)/C=C(\O)C(CC)CC.Cc1[se]c2c(ccc3c4ccnc(-c5[c-]c6ccccc6c(C(C)(C)C)c5)c4[se]c32)c1CC(C)(C)C.[Ir]. The van der Waals surface area contributed by atoms with Crippen LogP contribution in [-0.2, 0) is 36.7 Å². The molecule has 6 heteroatoms. The van der Waals surface area contributed by atoms with E-state index in [0.29, 0.717) is 19.9 Å². The van der Waals surface area contributed by atoms with Gasteiger partial charge in [0, 0.05) is 38.0 Å². The zero-order chi connectivity index (χ0) is 37.2. The second-order valence-electron chi connectivity index (χ2n) is 16.2. The van der Waals surface area contributed by atoms with Crippen molar-refractivity contribution in [2.24, 2.45) is 17.3 Å². The summed E-state index contributed by atoms with van der Waals surface area (Å²) in [6.07, 6.45) is 8.07. The number of carbonyl (C=O) groups excluding carboxylic acids is 1.